The number of ketones is 1. The molecule has 138 valence electrons. The molecule has 3 atom stereocenters. The minimum absolute atomic E-state index is 0.0122. The molecule has 0 radical (unpaired) electrons. The first-order valence-electron chi connectivity index (χ1n) is 9.36. The number of hydrogen-bond donors (Lipinski definition) is 3. The molecule has 0 aromatic heterocycles. The van der Waals surface area contributed by atoms with Gasteiger partial charge in [-0.05, 0) is 43.2 Å². The van der Waals surface area contributed by atoms with Gasteiger partial charge in [0.05, 0.1) is 11.0 Å². The number of hydrogen-bond acceptors (Lipinski definition) is 6. The van der Waals surface area contributed by atoms with Gasteiger partial charge in [-0.1, -0.05) is 18.2 Å². The average molecular weight is 357 g/mol. The molecule has 3 N–H and O–H groups in total. The summed E-state index contributed by atoms with van der Waals surface area (Å²) in [6, 6.07) is 3.35. The number of nitrogens with zero attached hydrogens (tertiary/aromatic N) is 1. The predicted molar refractivity (Wildman–Crippen MR) is 93.1 cm³/mol. The summed E-state index contributed by atoms with van der Waals surface area (Å²) in [7, 11) is 0. The van der Waals surface area contributed by atoms with Crippen molar-refractivity contribution in [1.82, 2.24) is 5.06 Å². The number of aromatic hydroxyl groups is 1. The van der Waals surface area contributed by atoms with Crippen molar-refractivity contribution < 1.29 is 25.0 Å². The Bertz CT molecular complexity index is 817. The number of benzene rings is 1. The van der Waals surface area contributed by atoms with Crippen molar-refractivity contribution in [3.05, 3.63) is 29.3 Å². The normalized spacial score (nSPS) is 34.1. The first-order chi connectivity index (χ1) is 12.4. The molecule has 0 amide bonds. The molecular formula is C20H23NO5. The molecule has 1 aromatic carbocycles. The highest BCUT2D eigenvalue weighted by Crippen LogP contribution is 2.61. The summed E-state index contributed by atoms with van der Waals surface area (Å²) in [5.74, 6) is 0.775. The number of Topliss-reactive ketones (excluding diaryl/α,β-unsaturated/α-hetero) is 1. The van der Waals surface area contributed by atoms with Crippen LogP contribution in [0.1, 0.15) is 43.2 Å². The summed E-state index contributed by atoms with van der Waals surface area (Å²) in [5, 5.41) is 33.4. The molecule has 0 saturated heterocycles. The Morgan fingerprint density at radius 1 is 1.31 bits per heavy atom. The number of carbonyl (C=O) groups excluding carboxylic acids is 1. The number of hydroxylamine groups is 2. The van der Waals surface area contributed by atoms with Gasteiger partial charge >= 0.3 is 0 Å². The second-order valence-corrected chi connectivity index (χ2v) is 8.18. The largest absolute Gasteiger partial charge is 0.504 e. The number of phenols is 1. The van der Waals surface area contributed by atoms with E-state index in [0.717, 1.165) is 18.4 Å². The van der Waals surface area contributed by atoms with Gasteiger partial charge in [0, 0.05) is 25.1 Å². The third-order valence-corrected chi connectivity index (χ3v) is 6.58. The lowest BCUT2D eigenvalue weighted by Gasteiger charge is -2.51. The SMILES string of the molecule is O=C1CC[C@@]2(O)C=Cc3ccc(O)c4c3[C@@]2(CCN(O)CC2CC2)[C@H]1O4. The van der Waals surface area contributed by atoms with Crippen molar-refractivity contribution in [3.63, 3.8) is 0 Å². The number of rotatable bonds is 5. The van der Waals surface area contributed by atoms with Crippen LogP contribution in [0.25, 0.3) is 6.08 Å². The summed E-state index contributed by atoms with van der Waals surface area (Å²) < 4.78 is 5.94. The molecule has 3 aliphatic carbocycles. The highest BCUT2D eigenvalue weighted by Gasteiger charge is 2.67. The van der Waals surface area contributed by atoms with Gasteiger partial charge < -0.3 is 20.2 Å². The van der Waals surface area contributed by atoms with E-state index in [1.165, 1.54) is 5.06 Å². The zero-order chi connectivity index (χ0) is 18.1. The Hall–Kier alpha value is -1.89. The Balaban J connectivity index is 1.60. The molecule has 6 nitrogen and oxygen atoms in total. The van der Waals surface area contributed by atoms with Crippen LogP contribution < -0.4 is 4.74 Å². The van der Waals surface area contributed by atoms with Gasteiger partial charge in [-0.2, -0.15) is 5.06 Å². The van der Waals surface area contributed by atoms with E-state index < -0.39 is 17.1 Å². The van der Waals surface area contributed by atoms with Crippen molar-refractivity contribution >= 4 is 11.9 Å². The molecule has 1 heterocycles. The highest BCUT2D eigenvalue weighted by molar-refractivity contribution is 5.91. The van der Waals surface area contributed by atoms with Crippen LogP contribution in [-0.4, -0.2) is 51.1 Å². The van der Waals surface area contributed by atoms with Crippen LogP contribution in [0.2, 0.25) is 0 Å². The monoisotopic (exact) mass is 357 g/mol. The molecule has 0 spiro atoms. The van der Waals surface area contributed by atoms with Crippen LogP contribution in [0.5, 0.6) is 11.5 Å². The van der Waals surface area contributed by atoms with Gasteiger partial charge in [-0.15, -0.1) is 0 Å². The van der Waals surface area contributed by atoms with E-state index in [9.17, 15) is 20.2 Å². The van der Waals surface area contributed by atoms with Crippen molar-refractivity contribution in [1.29, 1.82) is 0 Å². The fourth-order valence-corrected chi connectivity index (χ4v) is 5.03. The number of phenolic OH excluding ortho intramolecular Hbond substituents is 1. The van der Waals surface area contributed by atoms with Gasteiger partial charge in [0.2, 0.25) is 0 Å². The molecule has 4 aliphatic rings. The van der Waals surface area contributed by atoms with E-state index in [0.29, 0.717) is 43.2 Å². The lowest BCUT2D eigenvalue weighted by molar-refractivity contribution is -0.149. The quantitative estimate of drug-likeness (QED) is 0.699. The van der Waals surface area contributed by atoms with E-state index >= 15 is 0 Å². The predicted octanol–water partition coefficient (Wildman–Crippen LogP) is 2.00. The van der Waals surface area contributed by atoms with Crippen LogP contribution in [0.15, 0.2) is 18.2 Å². The second kappa shape index (κ2) is 5.31. The number of ether oxygens (including phenoxy) is 1. The third-order valence-electron chi connectivity index (χ3n) is 6.58. The summed E-state index contributed by atoms with van der Waals surface area (Å²) >= 11 is 0. The zero-order valence-electron chi connectivity index (χ0n) is 14.5. The summed E-state index contributed by atoms with van der Waals surface area (Å²) in [6.07, 6.45) is 6.01. The topological polar surface area (TPSA) is 90.2 Å². The van der Waals surface area contributed by atoms with E-state index in [4.69, 9.17) is 4.74 Å². The van der Waals surface area contributed by atoms with Crippen LogP contribution in [0.3, 0.4) is 0 Å². The number of aliphatic hydroxyl groups is 1. The second-order valence-electron chi connectivity index (χ2n) is 8.18. The fourth-order valence-electron chi connectivity index (χ4n) is 5.03. The molecular weight excluding hydrogens is 334 g/mol. The van der Waals surface area contributed by atoms with Crippen molar-refractivity contribution in [2.45, 2.75) is 49.2 Å². The maximum absolute atomic E-state index is 12.7. The van der Waals surface area contributed by atoms with Crippen molar-refractivity contribution in [2.75, 3.05) is 13.1 Å². The molecule has 0 bridgehead atoms. The van der Waals surface area contributed by atoms with Gasteiger partial charge in [0.15, 0.2) is 23.4 Å². The molecule has 26 heavy (non-hydrogen) atoms. The maximum atomic E-state index is 12.7. The number of carbonyl (C=O) groups is 1. The smallest absolute Gasteiger partial charge is 0.174 e. The average Bonchev–Trinajstić information content (AvgIpc) is 3.34. The van der Waals surface area contributed by atoms with Gasteiger partial charge in [-0.25, -0.2) is 0 Å². The molecule has 6 heteroatoms. The molecule has 1 aromatic rings. The van der Waals surface area contributed by atoms with Crippen molar-refractivity contribution in [2.24, 2.45) is 5.92 Å². The van der Waals surface area contributed by atoms with Gasteiger partial charge in [0.1, 0.15) is 0 Å². The lowest BCUT2D eigenvalue weighted by Crippen LogP contribution is -2.64. The highest BCUT2D eigenvalue weighted by atomic mass is 16.5. The molecule has 2 fully saturated rings. The van der Waals surface area contributed by atoms with Crippen LogP contribution in [0, 0.1) is 5.92 Å². The molecule has 1 aliphatic heterocycles. The zero-order valence-corrected chi connectivity index (χ0v) is 14.5. The van der Waals surface area contributed by atoms with Crippen molar-refractivity contribution in [3.8, 4) is 11.5 Å². The lowest BCUT2D eigenvalue weighted by atomic mass is 9.54. The van der Waals surface area contributed by atoms with E-state index in [1.807, 2.05) is 6.08 Å². The van der Waals surface area contributed by atoms with Crippen LogP contribution in [0.4, 0.5) is 0 Å². The molecule has 5 rings (SSSR count). The summed E-state index contributed by atoms with van der Waals surface area (Å²) in [4.78, 5) is 12.7. The third kappa shape index (κ3) is 2.06. The fraction of sp³-hybridized carbons (Fsp3) is 0.550. The van der Waals surface area contributed by atoms with Gasteiger partial charge in [-0.3, -0.25) is 4.79 Å². The Morgan fingerprint density at radius 2 is 2.12 bits per heavy atom. The Kier molecular flexibility index (Phi) is 3.33. The molecule has 0 unspecified atom stereocenters. The first kappa shape index (κ1) is 16.3. The summed E-state index contributed by atoms with van der Waals surface area (Å²) in [5.41, 5.74) is -0.630. The molecule has 2 saturated carbocycles. The first-order valence-corrected chi connectivity index (χ1v) is 9.36. The standard InChI is InChI=1S/C20H23NO5/c22-14-4-3-13-5-7-19(24)8-6-15(23)18-20(19,16(13)17(14)26-18)9-10-21(25)11-12-1-2-12/h3-5,7,12,18,22,24-25H,1-2,6,8-11H2/t18-,19-,20-/m0/s1. The Labute approximate surface area is 151 Å². The van der Waals surface area contributed by atoms with Crippen LogP contribution in [-0.2, 0) is 10.2 Å². The van der Waals surface area contributed by atoms with E-state index in [-0.39, 0.29) is 18.0 Å². The van der Waals surface area contributed by atoms with E-state index in [1.54, 1.807) is 18.2 Å². The van der Waals surface area contributed by atoms with Crippen LogP contribution >= 0.6 is 0 Å². The van der Waals surface area contributed by atoms with Gasteiger partial charge in [0.25, 0.3) is 0 Å². The maximum Gasteiger partial charge on any atom is 0.174 e. The van der Waals surface area contributed by atoms with E-state index in [2.05, 4.69) is 0 Å². The Morgan fingerprint density at radius 3 is 2.88 bits per heavy atom. The summed E-state index contributed by atoms with van der Waals surface area (Å²) in [6.45, 7) is 0.956. The minimum atomic E-state index is -1.22. The minimum Gasteiger partial charge on any atom is -0.504 e.